The van der Waals surface area contributed by atoms with Gasteiger partial charge in [0.25, 0.3) is 0 Å². The minimum absolute atomic E-state index is 0.0282. The maximum atomic E-state index is 13.7. The summed E-state index contributed by atoms with van der Waals surface area (Å²) in [5, 5.41) is 2.66. The Hall–Kier alpha value is -2.25. The summed E-state index contributed by atoms with van der Waals surface area (Å²) in [6, 6.07) is 12.0. The van der Waals surface area contributed by atoms with E-state index in [1.165, 1.54) is 10.4 Å². The summed E-state index contributed by atoms with van der Waals surface area (Å²) in [6.45, 7) is 2.21. The quantitative estimate of drug-likeness (QED) is 0.872. The number of amides is 1. The molecule has 1 amide bonds. The van der Waals surface area contributed by atoms with Crippen molar-refractivity contribution in [1.29, 1.82) is 0 Å². The molecule has 0 saturated carbocycles. The van der Waals surface area contributed by atoms with E-state index in [-0.39, 0.29) is 11.4 Å². The molecule has 0 bridgehead atoms. The van der Waals surface area contributed by atoms with Crippen molar-refractivity contribution >= 4 is 15.9 Å². The summed E-state index contributed by atoms with van der Waals surface area (Å²) in [4.78, 5) is 12.7. The minimum atomic E-state index is -3.74. The van der Waals surface area contributed by atoms with Crippen molar-refractivity contribution in [2.75, 3.05) is 6.54 Å². The van der Waals surface area contributed by atoms with Gasteiger partial charge >= 0.3 is 0 Å². The first-order valence-electron chi connectivity index (χ1n) is 8.49. The Morgan fingerprint density at radius 3 is 2.58 bits per heavy atom. The second kappa shape index (κ2) is 7.55. The minimum Gasteiger partial charge on any atom is -0.351 e. The van der Waals surface area contributed by atoms with Crippen LogP contribution in [0.4, 0.5) is 4.39 Å². The molecule has 1 aliphatic rings. The molecule has 1 N–H and O–H groups in total. The standard InChI is InChI=1S/C19H21FN2O3S/c1-14-8-10-16(11-9-14)26(24,25)22-12-4-7-18(22)19(23)21-13-15-5-2-3-6-17(15)20/h2-3,5-6,8-11,18H,4,7,12-13H2,1H3,(H,21,23)/t18-/m0/s1. The van der Waals surface area contributed by atoms with E-state index < -0.39 is 27.8 Å². The summed E-state index contributed by atoms with van der Waals surface area (Å²) >= 11 is 0. The van der Waals surface area contributed by atoms with Crippen LogP contribution < -0.4 is 5.32 Å². The number of halogens is 1. The molecular weight excluding hydrogens is 355 g/mol. The lowest BCUT2D eigenvalue weighted by Crippen LogP contribution is -2.45. The van der Waals surface area contributed by atoms with Crippen LogP contribution in [-0.4, -0.2) is 31.2 Å². The first kappa shape index (κ1) is 18.5. The second-order valence-electron chi connectivity index (χ2n) is 6.40. The van der Waals surface area contributed by atoms with Crippen LogP contribution in [-0.2, 0) is 21.4 Å². The number of carbonyl (C=O) groups excluding carboxylic acids is 1. The Bertz CT molecular complexity index is 897. The fraction of sp³-hybridized carbons (Fsp3) is 0.316. The Morgan fingerprint density at radius 1 is 1.19 bits per heavy atom. The van der Waals surface area contributed by atoms with E-state index in [1.54, 1.807) is 42.5 Å². The zero-order valence-corrected chi connectivity index (χ0v) is 15.3. The summed E-state index contributed by atoms with van der Waals surface area (Å²) in [6.07, 6.45) is 1.07. The molecule has 2 aromatic rings. The lowest BCUT2D eigenvalue weighted by atomic mass is 10.2. The van der Waals surface area contributed by atoms with Gasteiger partial charge in [-0.1, -0.05) is 35.9 Å². The van der Waals surface area contributed by atoms with Crippen LogP contribution in [0.25, 0.3) is 0 Å². The summed E-state index contributed by atoms with van der Waals surface area (Å²) in [5.74, 6) is -0.801. The average Bonchev–Trinajstić information content (AvgIpc) is 3.12. The highest BCUT2D eigenvalue weighted by Crippen LogP contribution is 2.26. The summed E-state index contributed by atoms with van der Waals surface area (Å²) in [5.41, 5.74) is 1.33. The van der Waals surface area contributed by atoms with Gasteiger partial charge in [0.05, 0.1) is 4.90 Å². The van der Waals surface area contributed by atoms with Crippen molar-refractivity contribution in [3.63, 3.8) is 0 Å². The van der Waals surface area contributed by atoms with E-state index in [0.29, 0.717) is 24.9 Å². The van der Waals surface area contributed by atoms with Gasteiger partial charge in [0.2, 0.25) is 15.9 Å². The van der Waals surface area contributed by atoms with Gasteiger partial charge in [-0.15, -0.1) is 0 Å². The third-order valence-corrected chi connectivity index (χ3v) is 6.47. The third kappa shape index (κ3) is 3.78. The van der Waals surface area contributed by atoms with Gasteiger partial charge in [-0.3, -0.25) is 4.79 Å². The largest absolute Gasteiger partial charge is 0.351 e. The lowest BCUT2D eigenvalue weighted by Gasteiger charge is -2.23. The smallest absolute Gasteiger partial charge is 0.243 e. The Balaban J connectivity index is 1.74. The number of aryl methyl sites for hydroxylation is 1. The molecule has 0 unspecified atom stereocenters. The molecule has 1 aliphatic heterocycles. The van der Waals surface area contributed by atoms with E-state index in [2.05, 4.69) is 5.32 Å². The first-order chi connectivity index (χ1) is 12.4. The van der Waals surface area contributed by atoms with E-state index in [0.717, 1.165) is 5.56 Å². The highest BCUT2D eigenvalue weighted by atomic mass is 32.2. The summed E-state index contributed by atoms with van der Waals surface area (Å²) in [7, 11) is -3.74. The van der Waals surface area contributed by atoms with Gasteiger partial charge < -0.3 is 5.32 Å². The molecule has 26 heavy (non-hydrogen) atoms. The molecule has 1 heterocycles. The Morgan fingerprint density at radius 2 is 1.88 bits per heavy atom. The predicted octanol–water partition coefficient (Wildman–Crippen LogP) is 2.60. The monoisotopic (exact) mass is 376 g/mol. The molecule has 0 radical (unpaired) electrons. The van der Waals surface area contributed by atoms with Crippen molar-refractivity contribution < 1.29 is 17.6 Å². The molecular formula is C19H21FN2O3S. The second-order valence-corrected chi connectivity index (χ2v) is 8.29. The fourth-order valence-electron chi connectivity index (χ4n) is 3.08. The Labute approximate surface area is 152 Å². The molecule has 0 aliphatic carbocycles. The third-order valence-electron chi connectivity index (χ3n) is 4.54. The van der Waals surface area contributed by atoms with Gasteiger partial charge in [-0.05, 0) is 38.0 Å². The van der Waals surface area contributed by atoms with Gasteiger partial charge in [-0.2, -0.15) is 4.31 Å². The Kier molecular flexibility index (Phi) is 5.38. The van der Waals surface area contributed by atoms with Crippen LogP contribution in [0.15, 0.2) is 53.4 Å². The number of hydrogen-bond acceptors (Lipinski definition) is 3. The van der Waals surface area contributed by atoms with Gasteiger partial charge in [0, 0.05) is 18.7 Å². The molecule has 5 nitrogen and oxygen atoms in total. The fourth-order valence-corrected chi connectivity index (χ4v) is 4.73. The molecule has 138 valence electrons. The normalized spacial score (nSPS) is 18.0. The van der Waals surface area contributed by atoms with Crippen molar-refractivity contribution in [2.24, 2.45) is 0 Å². The number of carbonyl (C=O) groups is 1. The van der Waals surface area contributed by atoms with Crippen molar-refractivity contribution in [2.45, 2.75) is 37.2 Å². The molecule has 3 rings (SSSR count). The van der Waals surface area contributed by atoms with Crippen molar-refractivity contribution in [3.05, 3.63) is 65.5 Å². The predicted molar refractivity (Wildman–Crippen MR) is 96.3 cm³/mol. The maximum absolute atomic E-state index is 13.7. The van der Waals surface area contributed by atoms with E-state index in [1.807, 2.05) is 6.92 Å². The number of nitrogens with one attached hydrogen (secondary N) is 1. The lowest BCUT2D eigenvalue weighted by molar-refractivity contribution is -0.124. The van der Waals surface area contributed by atoms with Crippen molar-refractivity contribution in [3.8, 4) is 0 Å². The molecule has 1 fully saturated rings. The van der Waals surface area contributed by atoms with Gasteiger partial charge in [-0.25, -0.2) is 12.8 Å². The number of sulfonamides is 1. The van der Waals surface area contributed by atoms with E-state index >= 15 is 0 Å². The van der Waals surface area contributed by atoms with E-state index in [4.69, 9.17) is 0 Å². The van der Waals surface area contributed by atoms with E-state index in [9.17, 15) is 17.6 Å². The summed E-state index contributed by atoms with van der Waals surface area (Å²) < 4.78 is 40.7. The molecule has 7 heteroatoms. The number of rotatable bonds is 5. The number of benzene rings is 2. The topological polar surface area (TPSA) is 66.5 Å². The number of hydrogen-bond donors (Lipinski definition) is 1. The SMILES string of the molecule is Cc1ccc(S(=O)(=O)N2CCC[C@H]2C(=O)NCc2ccccc2F)cc1. The van der Waals surface area contributed by atoms with Gasteiger partial charge in [0.15, 0.2) is 0 Å². The van der Waals surface area contributed by atoms with Crippen LogP contribution in [0.5, 0.6) is 0 Å². The molecule has 0 aromatic heterocycles. The zero-order valence-electron chi connectivity index (χ0n) is 14.5. The molecule has 0 spiro atoms. The molecule has 1 saturated heterocycles. The zero-order chi connectivity index (χ0) is 18.7. The van der Waals surface area contributed by atoms with Crippen LogP contribution >= 0.6 is 0 Å². The van der Waals surface area contributed by atoms with Crippen molar-refractivity contribution in [1.82, 2.24) is 9.62 Å². The van der Waals surface area contributed by atoms with Crippen LogP contribution in [0.3, 0.4) is 0 Å². The highest BCUT2D eigenvalue weighted by Gasteiger charge is 2.39. The molecule has 1 atom stereocenters. The first-order valence-corrected chi connectivity index (χ1v) is 9.93. The van der Waals surface area contributed by atoms with Crippen LogP contribution in [0, 0.1) is 12.7 Å². The molecule has 2 aromatic carbocycles. The maximum Gasteiger partial charge on any atom is 0.243 e. The average molecular weight is 376 g/mol. The van der Waals surface area contributed by atoms with Gasteiger partial charge in [0.1, 0.15) is 11.9 Å². The number of nitrogens with zero attached hydrogens (tertiary/aromatic N) is 1. The van der Waals surface area contributed by atoms with Crippen LogP contribution in [0.1, 0.15) is 24.0 Å². The highest BCUT2D eigenvalue weighted by molar-refractivity contribution is 7.89. The van der Waals surface area contributed by atoms with Crippen LogP contribution in [0.2, 0.25) is 0 Å².